The minimum absolute atomic E-state index is 0.304. The number of ether oxygens (including phenoxy) is 3. The number of rotatable bonds is 13. The zero-order valence-electron chi connectivity index (χ0n) is 15.8. The summed E-state index contributed by atoms with van der Waals surface area (Å²) in [6, 6.07) is -0.608. The van der Waals surface area contributed by atoms with Gasteiger partial charge in [-0.05, 0) is 13.3 Å². The third kappa shape index (κ3) is 8.05. The normalized spacial score (nSPS) is 30.0. The van der Waals surface area contributed by atoms with Crippen molar-refractivity contribution in [2.45, 2.75) is 95.9 Å². The van der Waals surface area contributed by atoms with Crippen LogP contribution in [0.3, 0.4) is 0 Å². The average molecular weight is 360 g/mol. The van der Waals surface area contributed by atoms with Gasteiger partial charge < -0.3 is 30.2 Å². The summed E-state index contributed by atoms with van der Waals surface area (Å²) in [4.78, 5) is 0. The van der Waals surface area contributed by atoms with Gasteiger partial charge in [0.15, 0.2) is 0 Å². The van der Waals surface area contributed by atoms with Crippen LogP contribution in [0.5, 0.6) is 0 Å². The molecule has 6 heteroatoms. The number of aliphatic hydroxyl groups is 2. The van der Waals surface area contributed by atoms with Crippen molar-refractivity contribution in [2.24, 2.45) is 5.73 Å². The van der Waals surface area contributed by atoms with E-state index < -0.39 is 30.6 Å². The Labute approximate surface area is 152 Å². The molecule has 4 N–H and O–H groups in total. The summed E-state index contributed by atoms with van der Waals surface area (Å²) >= 11 is 0. The maximum atomic E-state index is 10.3. The number of hydrogen-bond donors (Lipinski definition) is 3. The molecular formula is C19H37NO5. The first-order valence-electron chi connectivity index (χ1n) is 9.73. The van der Waals surface area contributed by atoms with E-state index >= 15 is 0 Å². The smallest absolute Gasteiger partial charge is 0.217 e. The Balaban J connectivity index is 2.30. The van der Waals surface area contributed by atoms with Gasteiger partial charge in [0.25, 0.3) is 0 Å². The molecule has 0 amide bonds. The minimum atomic E-state index is -0.959. The summed E-state index contributed by atoms with van der Waals surface area (Å²) in [7, 11) is 0. The molecular weight excluding hydrogens is 322 g/mol. The van der Waals surface area contributed by atoms with Crippen molar-refractivity contribution in [3.8, 4) is 0 Å². The van der Waals surface area contributed by atoms with Crippen molar-refractivity contribution < 1.29 is 24.4 Å². The summed E-state index contributed by atoms with van der Waals surface area (Å²) in [6.07, 6.45) is 9.93. The summed E-state index contributed by atoms with van der Waals surface area (Å²) in [5.41, 5.74) is 6.13. The number of allylic oxidation sites excluding steroid dienone is 1. The lowest BCUT2D eigenvalue weighted by Crippen LogP contribution is -2.63. The highest BCUT2D eigenvalue weighted by Crippen LogP contribution is 2.23. The molecule has 25 heavy (non-hydrogen) atoms. The lowest BCUT2D eigenvalue weighted by atomic mass is 9.97. The largest absolute Gasteiger partial charge is 0.471 e. The van der Waals surface area contributed by atoms with E-state index in [0.717, 1.165) is 12.8 Å². The van der Waals surface area contributed by atoms with Gasteiger partial charge in [0.2, 0.25) is 6.29 Å². The number of unbranched alkanes of at least 4 members (excludes halogenated alkanes) is 7. The third-order valence-electron chi connectivity index (χ3n) is 4.56. The molecule has 0 saturated carbocycles. The van der Waals surface area contributed by atoms with Gasteiger partial charge in [-0.3, -0.25) is 0 Å². The lowest BCUT2D eigenvalue weighted by molar-refractivity contribution is -0.258. The monoisotopic (exact) mass is 359 g/mol. The molecule has 0 spiro atoms. The fourth-order valence-corrected chi connectivity index (χ4v) is 3.03. The summed E-state index contributed by atoms with van der Waals surface area (Å²) in [5.74, 6) is 0. The highest BCUT2D eigenvalue weighted by Gasteiger charge is 2.44. The van der Waals surface area contributed by atoms with E-state index in [-0.39, 0.29) is 6.61 Å². The molecule has 5 atom stereocenters. The van der Waals surface area contributed by atoms with E-state index in [2.05, 4.69) is 6.92 Å². The lowest BCUT2D eigenvalue weighted by Gasteiger charge is -2.42. The van der Waals surface area contributed by atoms with Crippen LogP contribution in [0.1, 0.15) is 65.2 Å². The number of hydrogen-bond acceptors (Lipinski definition) is 6. The first-order valence-corrected chi connectivity index (χ1v) is 9.73. The molecule has 6 nitrogen and oxygen atoms in total. The number of aliphatic hydroxyl groups excluding tert-OH is 2. The molecule has 0 aromatic rings. The quantitative estimate of drug-likeness (QED) is 0.345. The van der Waals surface area contributed by atoms with Gasteiger partial charge in [-0.25, -0.2) is 0 Å². The van der Waals surface area contributed by atoms with Crippen molar-refractivity contribution in [1.29, 1.82) is 0 Å². The molecule has 148 valence electrons. The van der Waals surface area contributed by atoms with E-state index in [4.69, 9.17) is 19.9 Å². The van der Waals surface area contributed by atoms with Crippen LogP contribution in [-0.4, -0.2) is 54.1 Å². The van der Waals surface area contributed by atoms with Gasteiger partial charge in [0, 0.05) is 6.61 Å². The molecule has 0 aliphatic carbocycles. The molecule has 1 saturated heterocycles. The van der Waals surface area contributed by atoms with Crippen molar-refractivity contribution in [3.05, 3.63) is 12.3 Å². The predicted octanol–water partition coefficient (Wildman–Crippen LogP) is 2.47. The van der Waals surface area contributed by atoms with Gasteiger partial charge in [-0.15, -0.1) is 0 Å². The Morgan fingerprint density at radius 1 is 1.08 bits per heavy atom. The first-order chi connectivity index (χ1) is 12.2. The van der Waals surface area contributed by atoms with Gasteiger partial charge in [0.05, 0.1) is 18.9 Å². The van der Waals surface area contributed by atoms with Crippen LogP contribution in [-0.2, 0) is 14.2 Å². The molecule has 1 aliphatic rings. The second kappa shape index (κ2) is 13.5. The maximum Gasteiger partial charge on any atom is 0.217 e. The van der Waals surface area contributed by atoms with Crippen LogP contribution in [0.2, 0.25) is 0 Å². The number of nitrogens with two attached hydrogens (primary N) is 1. The zero-order chi connectivity index (χ0) is 18.5. The predicted molar refractivity (Wildman–Crippen MR) is 98.0 cm³/mol. The Morgan fingerprint density at radius 2 is 1.72 bits per heavy atom. The van der Waals surface area contributed by atoms with Crippen LogP contribution >= 0.6 is 0 Å². The minimum Gasteiger partial charge on any atom is -0.471 e. The zero-order valence-corrected chi connectivity index (χ0v) is 15.8. The van der Waals surface area contributed by atoms with Gasteiger partial charge in [-0.2, -0.15) is 0 Å². The van der Waals surface area contributed by atoms with Crippen LogP contribution < -0.4 is 5.73 Å². The van der Waals surface area contributed by atoms with Crippen LogP contribution in [0, 0.1) is 0 Å². The van der Waals surface area contributed by atoms with Crippen molar-refractivity contribution >= 4 is 0 Å². The van der Waals surface area contributed by atoms with Crippen LogP contribution in [0.15, 0.2) is 12.3 Å². The maximum absolute atomic E-state index is 10.3. The Bertz CT molecular complexity index is 353. The summed E-state index contributed by atoms with van der Waals surface area (Å²) in [5, 5.41) is 19.7. The molecule has 1 fully saturated rings. The topological polar surface area (TPSA) is 94.2 Å². The van der Waals surface area contributed by atoms with Crippen LogP contribution in [0.25, 0.3) is 0 Å². The second-order valence-electron chi connectivity index (χ2n) is 6.71. The SMILES string of the molecule is C/C=C\O[C@H]1OC(CO)C(O)C(OCCCCCCCCCC)C1N. The van der Waals surface area contributed by atoms with Gasteiger partial charge >= 0.3 is 0 Å². The molecule has 0 aromatic heterocycles. The van der Waals surface area contributed by atoms with Crippen LogP contribution in [0.4, 0.5) is 0 Å². The molecule has 1 rings (SSSR count). The highest BCUT2D eigenvalue weighted by atomic mass is 16.7. The summed E-state index contributed by atoms with van der Waals surface area (Å²) in [6.45, 7) is 4.28. The Morgan fingerprint density at radius 3 is 2.32 bits per heavy atom. The Kier molecular flexibility index (Phi) is 12.1. The molecule has 0 bridgehead atoms. The van der Waals surface area contributed by atoms with E-state index in [1.54, 1.807) is 6.08 Å². The second-order valence-corrected chi connectivity index (χ2v) is 6.71. The van der Waals surface area contributed by atoms with Gasteiger partial charge in [0.1, 0.15) is 18.3 Å². The molecule has 0 aromatic carbocycles. The average Bonchev–Trinajstić information content (AvgIpc) is 2.62. The fraction of sp³-hybridized carbons (Fsp3) is 0.895. The first kappa shape index (κ1) is 22.4. The van der Waals surface area contributed by atoms with E-state index in [1.807, 2.05) is 6.92 Å². The van der Waals surface area contributed by atoms with Crippen molar-refractivity contribution in [1.82, 2.24) is 0 Å². The fourth-order valence-electron chi connectivity index (χ4n) is 3.03. The third-order valence-corrected chi connectivity index (χ3v) is 4.56. The molecule has 4 unspecified atom stereocenters. The van der Waals surface area contributed by atoms with Crippen molar-refractivity contribution in [3.63, 3.8) is 0 Å². The van der Waals surface area contributed by atoms with E-state index in [9.17, 15) is 10.2 Å². The van der Waals surface area contributed by atoms with E-state index in [1.165, 1.54) is 44.8 Å². The Hall–Kier alpha value is -0.660. The van der Waals surface area contributed by atoms with E-state index in [0.29, 0.717) is 6.61 Å². The summed E-state index contributed by atoms with van der Waals surface area (Å²) < 4.78 is 16.7. The van der Waals surface area contributed by atoms with Crippen molar-refractivity contribution in [2.75, 3.05) is 13.2 Å². The molecule has 1 heterocycles. The van der Waals surface area contributed by atoms with Gasteiger partial charge in [-0.1, -0.05) is 57.9 Å². The molecule has 1 aliphatic heterocycles. The highest BCUT2D eigenvalue weighted by molar-refractivity contribution is 4.93. The molecule has 0 radical (unpaired) electrons. The standard InChI is InChI=1S/C19H37NO5/c1-3-5-6-7-8-9-10-11-13-23-18-16(20)19(24-12-4-2)25-15(14-21)17(18)22/h4,12,15-19,21-22H,3,5-11,13-14,20H2,1-2H3/b12-4-/t15?,16?,17?,18?,19-/m0/s1.